The highest BCUT2D eigenvalue weighted by atomic mass is 19.1. The van der Waals surface area contributed by atoms with E-state index in [2.05, 4.69) is 31.0 Å². The number of carbonyl (C=O) groups is 1. The van der Waals surface area contributed by atoms with Crippen LogP contribution in [0.1, 0.15) is 68.6 Å². The third kappa shape index (κ3) is 5.59. The second-order valence-corrected chi connectivity index (χ2v) is 11.0. The van der Waals surface area contributed by atoms with Gasteiger partial charge in [0.25, 0.3) is 0 Å². The van der Waals surface area contributed by atoms with E-state index in [4.69, 9.17) is 9.47 Å². The van der Waals surface area contributed by atoms with Gasteiger partial charge >= 0.3 is 5.97 Å². The standard InChI is InChI=1S/C32H34FNO4/c1-32(2)13-5-8-28(32)26-14-20(9-12-24(26)27-16-30(37-3)34-18-29(27)33)19-38-23-7-4-6-22(15-23)25(17-31(35)36)21-10-11-21/h4,6-9,12,14-16,18,21,25H,5,10-11,13,17,19H2,1-3H3,(H,35,36)/t25-/m1/s1. The summed E-state index contributed by atoms with van der Waals surface area (Å²) in [6, 6.07) is 15.5. The van der Waals surface area contributed by atoms with Gasteiger partial charge in [0.1, 0.15) is 18.2 Å². The summed E-state index contributed by atoms with van der Waals surface area (Å²) >= 11 is 0. The lowest BCUT2D eigenvalue weighted by Crippen LogP contribution is -2.10. The molecule has 0 radical (unpaired) electrons. The lowest BCUT2D eigenvalue weighted by Gasteiger charge is -2.25. The molecular formula is C32H34FNO4. The fraction of sp³-hybridized carbons (Fsp3) is 0.375. The van der Waals surface area contributed by atoms with Gasteiger partial charge in [-0.05, 0) is 89.0 Å². The van der Waals surface area contributed by atoms with Crippen molar-refractivity contribution in [2.75, 3.05) is 7.11 Å². The van der Waals surface area contributed by atoms with Crippen molar-refractivity contribution in [3.05, 3.63) is 83.3 Å². The molecule has 1 atom stereocenters. The van der Waals surface area contributed by atoms with Crippen LogP contribution in [0.2, 0.25) is 0 Å². The molecule has 0 spiro atoms. The Morgan fingerprint density at radius 2 is 1.95 bits per heavy atom. The van der Waals surface area contributed by atoms with E-state index in [1.807, 2.05) is 36.4 Å². The lowest BCUT2D eigenvalue weighted by atomic mass is 9.79. The average Bonchev–Trinajstić information content (AvgIpc) is 3.68. The molecule has 0 saturated heterocycles. The lowest BCUT2D eigenvalue weighted by molar-refractivity contribution is -0.137. The summed E-state index contributed by atoms with van der Waals surface area (Å²) in [7, 11) is 1.53. The van der Waals surface area contributed by atoms with Crippen LogP contribution in [0.3, 0.4) is 0 Å². The number of halogens is 1. The molecule has 6 heteroatoms. The number of allylic oxidation sites excluding steroid dienone is 2. The maximum atomic E-state index is 15.0. The van der Waals surface area contributed by atoms with E-state index in [-0.39, 0.29) is 17.8 Å². The molecule has 1 heterocycles. The predicted octanol–water partition coefficient (Wildman–Crippen LogP) is 7.65. The molecule has 3 aromatic rings. The zero-order valence-corrected chi connectivity index (χ0v) is 22.2. The topological polar surface area (TPSA) is 68.7 Å². The number of aliphatic carboxylic acids is 1. The molecule has 1 saturated carbocycles. The summed E-state index contributed by atoms with van der Waals surface area (Å²) in [4.78, 5) is 15.4. The molecule has 198 valence electrons. The van der Waals surface area contributed by atoms with E-state index < -0.39 is 11.8 Å². The summed E-state index contributed by atoms with van der Waals surface area (Å²) in [5.41, 5.74) is 5.42. The molecule has 5 rings (SSSR count). The fourth-order valence-electron chi connectivity index (χ4n) is 5.58. The average molecular weight is 516 g/mol. The minimum Gasteiger partial charge on any atom is -0.489 e. The maximum Gasteiger partial charge on any atom is 0.303 e. The molecule has 5 nitrogen and oxygen atoms in total. The Labute approximate surface area is 223 Å². The van der Waals surface area contributed by atoms with Crippen LogP contribution in [0.5, 0.6) is 11.6 Å². The van der Waals surface area contributed by atoms with Gasteiger partial charge < -0.3 is 14.6 Å². The predicted molar refractivity (Wildman–Crippen MR) is 146 cm³/mol. The molecule has 2 aromatic carbocycles. The van der Waals surface area contributed by atoms with Gasteiger partial charge in [0.2, 0.25) is 5.88 Å². The number of nitrogens with zero attached hydrogens (tertiary/aromatic N) is 1. The number of carboxylic acid groups (broad SMARTS) is 1. The van der Waals surface area contributed by atoms with Gasteiger partial charge in [-0.3, -0.25) is 4.79 Å². The van der Waals surface area contributed by atoms with Gasteiger partial charge in [0, 0.05) is 11.6 Å². The number of hydrogen-bond donors (Lipinski definition) is 1. The number of pyridine rings is 1. The maximum absolute atomic E-state index is 15.0. The molecule has 0 unspecified atom stereocenters. The minimum absolute atomic E-state index is 0.0192. The van der Waals surface area contributed by atoms with Gasteiger partial charge in [0.05, 0.1) is 19.7 Å². The largest absolute Gasteiger partial charge is 0.489 e. The Kier molecular flexibility index (Phi) is 7.24. The highest BCUT2D eigenvalue weighted by Gasteiger charge is 2.34. The van der Waals surface area contributed by atoms with Crippen LogP contribution < -0.4 is 9.47 Å². The molecule has 2 aliphatic rings. The summed E-state index contributed by atoms with van der Waals surface area (Å²) in [6.45, 7) is 4.79. The van der Waals surface area contributed by atoms with E-state index in [1.165, 1.54) is 18.9 Å². The summed E-state index contributed by atoms with van der Waals surface area (Å²) < 4.78 is 26.4. The Morgan fingerprint density at radius 1 is 1.13 bits per heavy atom. The zero-order chi connectivity index (χ0) is 26.9. The summed E-state index contributed by atoms with van der Waals surface area (Å²) in [5.74, 6) is 0.377. The molecule has 38 heavy (non-hydrogen) atoms. The van der Waals surface area contributed by atoms with E-state index in [9.17, 15) is 14.3 Å². The quantitative estimate of drug-likeness (QED) is 0.300. The first-order chi connectivity index (χ1) is 18.2. The first-order valence-electron chi connectivity index (χ1n) is 13.2. The van der Waals surface area contributed by atoms with Crippen molar-refractivity contribution in [3.8, 4) is 22.8 Å². The van der Waals surface area contributed by atoms with Crippen molar-refractivity contribution in [2.45, 2.75) is 58.5 Å². The van der Waals surface area contributed by atoms with Gasteiger partial charge in [-0.1, -0.05) is 44.2 Å². The Morgan fingerprint density at radius 3 is 2.63 bits per heavy atom. The fourth-order valence-corrected chi connectivity index (χ4v) is 5.58. The number of aromatic nitrogens is 1. The number of rotatable bonds is 10. The molecule has 0 bridgehead atoms. The van der Waals surface area contributed by atoms with Gasteiger partial charge in [-0.15, -0.1) is 0 Å². The van der Waals surface area contributed by atoms with Crippen molar-refractivity contribution in [2.24, 2.45) is 11.3 Å². The normalized spacial score (nSPS) is 17.1. The molecule has 0 aliphatic heterocycles. The molecule has 1 N–H and O–H groups in total. The highest BCUT2D eigenvalue weighted by molar-refractivity contribution is 5.85. The monoisotopic (exact) mass is 515 g/mol. The zero-order valence-electron chi connectivity index (χ0n) is 22.2. The third-order valence-electron chi connectivity index (χ3n) is 7.83. The molecule has 1 aromatic heterocycles. The van der Waals surface area contributed by atoms with Crippen molar-refractivity contribution >= 4 is 11.5 Å². The van der Waals surface area contributed by atoms with Crippen LogP contribution in [0.25, 0.3) is 16.7 Å². The van der Waals surface area contributed by atoms with Crippen LogP contribution in [0.15, 0.2) is 60.8 Å². The third-order valence-corrected chi connectivity index (χ3v) is 7.83. The van der Waals surface area contributed by atoms with Crippen molar-refractivity contribution in [1.82, 2.24) is 4.98 Å². The number of carboxylic acids is 1. The van der Waals surface area contributed by atoms with Crippen molar-refractivity contribution in [1.29, 1.82) is 0 Å². The van der Waals surface area contributed by atoms with Crippen molar-refractivity contribution in [3.63, 3.8) is 0 Å². The van der Waals surface area contributed by atoms with E-state index in [0.717, 1.165) is 53.7 Å². The van der Waals surface area contributed by atoms with Gasteiger partial charge in [0.15, 0.2) is 0 Å². The van der Waals surface area contributed by atoms with Crippen LogP contribution in [0, 0.1) is 17.2 Å². The molecule has 1 fully saturated rings. The second kappa shape index (κ2) is 10.6. The number of ether oxygens (including phenoxy) is 2. The van der Waals surface area contributed by atoms with E-state index in [0.29, 0.717) is 24.0 Å². The Hall–Kier alpha value is -3.67. The minimum atomic E-state index is -0.770. The van der Waals surface area contributed by atoms with Crippen molar-refractivity contribution < 1.29 is 23.8 Å². The van der Waals surface area contributed by atoms with Crippen LogP contribution in [-0.2, 0) is 11.4 Å². The molecule has 2 aliphatic carbocycles. The Balaban J connectivity index is 1.44. The first kappa shape index (κ1) is 26.0. The number of methoxy groups -OCH3 is 1. The number of hydrogen-bond acceptors (Lipinski definition) is 4. The van der Waals surface area contributed by atoms with Gasteiger partial charge in [-0.25, -0.2) is 9.37 Å². The molecule has 0 amide bonds. The summed E-state index contributed by atoms with van der Waals surface area (Å²) in [5, 5.41) is 9.38. The van der Waals surface area contributed by atoms with Crippen LogP contribution in [0.4, 0.5) is 4.39 Å². The van der Waals surface area contributed by atoms with Gasteiger partial charge in [-0.2, -0.15) is 0 Å². The SMILES string of the molecule is COc1cc(-c2ccc(COc3cccc([C@H](CC(=O)O)C4CC4)c3)cc2C2=CCCC2(C)C)c(F)cn1. The van der Waals surface area contributed by atoms with Crippen LogP contribution in [-0.4, -0.2) is 23.2 Å². The number of benzene rings is 2. The van der Waals surface area contributed by atoms with E-state index in [1.54, 1.807) is 6.07 Å². The Bertz CT molecular complexity index is 1380. The van der Waals surface area contributed by atoms with E-state index >= 15 is 0 Å². The first-order valence-corrected chi connectivity index (χ1v) is 13.2. The second-order valence-electron chi connectivity index (χ2n) is 11.0. The van der Waals surface area contributed by atoms with Crippen LogP contribution >= 0.6 is 0 Å². The highest BCUT2D eigenvalue weighted by Crippen LogP contribution is 2.48. The molecular weight excluding hydrogens is 481 g/mol. The summed E-state index contributed by atoms with van der Waals surface area (Å²) in [6.07, 6.45) is 7.77. The smallest absolute Gasteiger partial charge is 0.303 e.